The summed E-state index contributed by atoms with van der Waals surface area (Å²) in [5.74, 6) is -0.205. The van der Waals surface area contributed by atoms with Crippen molar-refractivity contribution < 1.29 is 14.3 Å². The highest BCUT2D eigenvalue weighted by molar-refractivity contribution is 6.02. The quantitative estimate of drug-likeness (QED) is 0.853. The van der Waals surface area contributed by atoms with Crippen LogP contribution in [0, 0.1) is 0 Å². The van der Waals surface area contributed by atoms with E-state index in [-0.39, 0.29) is 12.5 Å². The van der Waals surface area contributed by atoms with Crippen molar-refractivity contribution in [2.75, 3.05) is 18.0 Å². The third-order valence-corrected chi connectivity index (χ3v) is 3.49. The van der Waals surface area contributed by atoms with E-state index in [2.05, 4.69) is 5.32 Å². The molecule has 1 atom stereocenters. The molecule has 1 aliphatic heterocycles. The van der Waals surface area contributed by atoms with Gasteiger partial charge in [0.15, 0.2) is 6.10 Å². The molecule has 0 spiro atoms. The second-order valence-corrected chi connectivity index (χ2v) is 5.55. The fourth-order valence-electron chi connectivity index (χ4n) is 2.43. The number of primary amides is 1. The molecular formula is C15H21N3O3. The molecule has 0 bridgehead atoms. The Kier molecular flexibility index (Phi) is 4.18. The maximum Gasteiger partial charge on any atom is 0.260 e. The van der Waals surface area contributed by atoms with Gasteiger partial charge in [-0.25, -0.2) is 0 Å². The zero-order valence-electron chi connectivity index (χ0n) is 12.6. The van der Waals surface area contributed by atoms with Crippen molar-refractivity contribution in [3.63, 3.8) is 0 Å². The number of hydrogen-bond donors (Lipinski definition) is 2. The van der Waals surface area contributed by atoms with Gasteiger partial charge < -0.3 is 20.7 Å². The highest BCUT2D eigenvalue weighted by atomic mass is 16.5. The van der Waals surface area contributed by atoms with Crippen LogP contribution in [-0.2, 0) is 9.59 Å². The lowest BCUT2D eigenvalue weighted by molar-refractivity contribution is -0.127. The van der Waals surface area contributed by atoms with Gasteiger partial charge in [0, 0.05) is 0 Å². The van der Waals surface area contributed by atoms with Crippen LogP contribution < -0.4 is 20.7 Å². The number of amides is 2. The molecule has 2 amide bonds. The zero-order valence-corrected chi connectivity index (χ0v) is 12.6. The van der Waals surface area contributed by atoms with Crippen molar-refractivity contribution in [1.82, 2.24) is 5.32 Å². The number of hydrogen-bond acceptors (Lipinski definition) is 4. The molecule has 0 aliphatic carbocycles. The van der Waals surface area contributed by atoms with Crippen molar-refractivity contribution in [1.29, 1.82) is 0 Å². The molecule has 0 saturated carbocycles. The summed E-state index contributed by atoms with van der Waals surface area (Å²) in [4.78, 5) is 25.8. The van der Waals surface area contributed by atoms with Gasteiger partial charge in [-0.05, 0) is 32.5 Å². The molecule has 114 valence electrons. The topological polar surface area (TPSA) is 84.7 Å². The molecule has 1 unspecified atom stereocenters. The van der Waals surface area contributed by atoms with Crippen molar-refractivity contribution in [3.05, 3.63) is 24.3 Å². The molecule has 2 rings (SSSR count). The Morgan fingerprint density at radius 1 is 1.43 bits per heavy atom. The van der Waals surface area contributed by atoms with Crippen LogP contribution >= 0.6 is 0 Å². The third kappa shape index (κ3) is 3.00. The zero-order chi connectivity index (χ0) is 15.6. The van der Waals surface area contributed by atoms with Crippen molar-refractivity contribution in [2.24, 2.45) is 5.73 Å². The Balaban J connectivity index is 2.37. The number of benzene rings is 1. The number of anilines is 1. The first-order valence-corrected chi connectivity index (χ1v) is 6.99. The first-order chi connectivity index (χ1) is 9.86. The molecule has 1 aliphatic rings. The molecule has 6 heteroatoms. The SMILES string of the molecule is CCNC(C)(C)C(=O)N1CC(C(N)=O)Oc2ccccc21. The number of ether oxygens (including phenoxy) is 1. The summed E-state index contributed by atoms with van der Waals surface area (Å²) >= 11 is 0. The Hall–Kier alpha value is -2.08. The average Bonchev–Trinajstić information content (AvgIpc) is 2.45. The van der Waals surface area contributed by atoms with Crippen molar-refractivity contribution in [3.8, 4) is 5.75 Å². The lowest BCUT2D eigenvalue weighted by Gasteiger charge is -2.38. The molecule has 21 heavy (non-hydrogen) atoms. The first-order valence-electron chi connectivity index (χ1n) is 6.99. The van der Waals surface area contributed by atoms with Gasteiger partial charge in [0.05, 0.1) is 17.8 Å². The van der Waals surface area contributed by atoms with Crippen LogP contribution in [0.25, 0.3) is 0 Å². The predicted octanol–water partition coefficient (Wildman–Crippen LogP) is 0.654. The molecular weight excluding hydrogens is 270 g/mol. The summed E-state index contributed by atoms with van der Waals surface area (Å²) in [6.07, 6.45) is -0.832. The van der Waals surface area contributed by atoms with Crippen molar-refractivity contribution >= 4 is 17.5 Å². The molecule has 1 aromatic carbocycles. The largest absolute Gasteiger partial charge is 0.477 e. The number of nitrogens with two attached hydrogens (primary N) is 1. The van der Waals surface area contributed by atoms with Crippen molar-refractivity contribution in [2.45, 2.75) is 32.4 Å². The molecule has 1 heterocycles. The van der Waals surface area contributed by atoms with E-state index in [0.29, 0.717) is 18.0 Å². The van der Waals surface area contributed by atoms with E-state index in [1.165, 1.54) is 0 Å². The fourth-order valence-corrected chi connectivity index (χ4v) is 2.43. The number of carbonyl (C=O) groups excluding carboxylic acids is 2. The van der Waals surface area contributed by atoms with Crippen LogP contribution in [0.2, 0.25) is 0 Å². The van der Waals surface area contributed by atoms with Gasteiger partial charge in [-0.15, -0.1) is 0 Å². The minimum atomic E-state index is -0.832. The molecule has 0 aromatic heterocycles. The van der Waals surface area contributed by atoms with E-state index in [1.807, 2.05) is 26.8 Å². The second kappa shape index (κ2) is 5.73. The number of nitrogens with one attached hydrogen (secondary N) is 1. The minimum Gasteiger partial charge on any atom is -0.477 e. The Bertz CT molecular complexity index is 557. The minimum absolute atomic E-state index is 0.119. The summed E-state index contributed by atoms with van der Waals surface area (Å²) < 4.78 is 5.56. The highest BCUT2D eigenvalue weighted by Gasteiger charge is 2.38. The molecule has 1 aromatic rings. The summed E-state index contributed by atoms with van der Waals surface area (Å²) in [7, 11) is 0. The maximum atomic E-state index is 12.8. The standard InChI is InChI=1S/C15H21N3O3/c1-4-17-15(2,3)14(20)18-9-12(13(16)19)21-11-8-6-5-7-10(11)18/h5-8,12,17H,4,9H2,1-3H3,(H2,16,19). The van der Waals surface area contributed by atoms with E-state index in [9.17, 15) is 9.59 Å². The lowest BCUT2D eigenvalue weighted by Crippen LogP contribution is -2.58. The van der Waals surface area contributed by atoms with Crippen LogP contribution in [0.3, 0.4) is 0 Å². The molecule has 0 fully saturated rings. The Morgan fingerprint density at radius 2 is 2.10 bits per heavy atom. The summed E-state index contributed by atoms with van der Waals surface area (Å²) in [6.45, 7) is 6.37. The van der Waals surface area contributed by atoms with Gasteiger partial charge in [-0.2, -0.15) is 0 Å². The van der Waals surface area contributed by atoms with Gasteiger partial charge in [0.25, 0.3) is 5.91 Å². The van der Waals surface area contributed by atoms with Crippen LogP contribution in [-0.4, -0.2) is 36.5 Å². The molecule has 6 nitrogen and oxygen atoms in total. The van der Waals surface area contributed by atoms with Crippen LogP contribution in [0.4, 0.5) is 5.69 Å². The third-order valence-electron chi connectivity index (χ3n) is 3.49. The van der Waals surface area contributed by atoms with E-state index in [1.54, 1.807) is 23.1 Å². The summed E-state index contributed by atoms with van der Waals surface area (Å²) in [5.41, 5.74) is 5.26. The fraction of sp³-hybridized carbons (Fsp3) is 0.467. The van der Waals surface area contributed by atoms with Gasteiger partial charge in [0.2, 0.25) is 5.91 Å². The molecule has 3 N–H and O–H groups in total. The normalized spacial score (nSPS) is 17.9. The van der Waals surface area contributed by atoms with Crippen LogP contribution in [0.15, 0.2) is 24.3 Å². The monoisotopic (exact) mass is 291 g/mol. The van der Waals surface area contributed by atoms with Gasteiger partial charge in [0.1, 0.15) is 5.75 Å². The number of likely N-dealkylation sites (N-methyl/N-ethyl adjacent to an activating group) is 1. The summed E-state index contributed by atoms with van der Waals surface area (Å²) in [5, 5.41) is 3.15. The Labute approximate surface area is 124 Å². The number of fused-ring (bicyclic) bond motifs is 1. The van der Waals surface area contributed by atoms with E-state index >= 15 is 0 Å². The number of nitrogens with zero attached hydrogens (tertiary/aromatic N) is 1. The summed E-state index contributed by atoms with van der Waals surface area (Å²) in [6, 6.07) is 7.14. The van der Waals surface area contributed by atoms with E-state index < -0.39 is 17.6 Å². The second-order valence-electron chi connectivity index (χ2n) is 5.55. The van der Waals surface area contributed by atoms with Gasteiger partial charge in [-0.3, -0.25) is 9.59 Å². The van der Waals surface area contributed by atoms with E-state index in [0.717, 1.165) is 0 Å². The van der Waals surface area contributed by atoms with Gasteiger partial charge >= 0.3 is 0 Å². The molecule has 0 saturated heterocycles. The van der Waals surface area contributed by atoms with E-state index in [4.69, 9.17) is 10.5 Å². The smallest absolute Gasteiger partial charge is 0.260 e. The lowest BCUT2D eigenvalue weighted by atomic mass is 10.0. The van der Waals surface area contributed by atoms with Gasteiger partial charge in [-0.1, -0.05) is 19.1 Å². The van der Waals surface area contributed by atoms with Crippen LogP contribution in [0.5, 0.6) is 5.75 Å². The highest BCUT2D eigenvalue weighted by Crippen LogP contribution is 2.34. The molecule has 0 radical (unpaired) electrons. The maximum absolute atomic E-state index is 12.8. The Morgan fingerprint density at radius 3 is 2.71 bits per heavy atom. The number of para-hydroxylation sites is 2. The number of carbonyl (C=O) groups is 2. The average molecular weight is 291 g/mol. The first kappa shape index (κ1) is 15.3. The number of rotatable bonds is 4. The van der Waals surface area contributed by atoms with Crippen LogP contribution in [0.1, 0.15) is 20.8 Å². The predicted molar refractivity (Wildman–Crippen MR) is 80.2 cm³/mol.